The van der Waals surface area contributed by atoms with Crippen LogP contribution in [-0.4, -0.2) is 27.1 Å². The summed E-state index contributed by atoms with van der Waals surface area (Å²) in [6.07, 6.45) is 5.06. The summed E-state index contributed by atoms with van der Waals surface area (Å²) in [5.74, 6) is 1.04. The van der Waals surface area contributed by atoms with E-state index >= 15 is 0 Å². The average Bonchev–Trinajstić information content (AvgIpc) is 3.54. The minimum Gasteiger partial charge on any atom is -0.467 e. The highest BCUT2D eigenvalue weighted by molar-refractivity contribution is 7.99. The Morgan fingerprint density at radius 2 is 1.91 bits per heavy atom. The van der Waals surface area contributed by atoms with Crippen molar-refractivity contribution in [3.8, 4) is 5.69 Å². The molecular weight excluding hydrogens is 448 g/mol. The van der Waals surface area contributed by atoms with Gasteiger partial charge in [-0.3, -0.25) is 14.2 Å². The Morgan fingerprint density at radius 3 is 2.65 bits per heavy atom. The lowest BCUT2D eigenvalue weighted by atomic mass is 10.0. The van der Waals surface area contributed by atoms with Gasteiger partial charge in [-0.05, 0) is 53.9 Å². The van der Waals surface area contributed by atoms with E-state index in [4.69, 9.17) is 4.42 Å². The Labute approximate surface area is 202 Å². The molecule has 0 saturated heterocycles. The van der Waals surface area contributed by atoms with Crippen LogP contribution in [0.1, 0.15) is 41.4 Å². The molecule has 34 heavy (non-hydrogen) atoms. The molecule has 0 saturated carbocycles. The van der Waals surface area contributed by atoms with Crippen LogP contribution in [0.25, 0.3) is 5.69 Å². The van der Waals surface area contributed by atoms with E-state index < -0.39 is 0 Å². The van der Waals surface area contributed by atoms with Gasteiger partial charge in [0.15, 0.2) is 5.16 Å². The summed E-state index contributed by atoms with van der Waals surface area (Å²) >= 11 is 1.33. The van der Waals surface area contributed by atoms with Gasteiger partial charge >= 0.3 is 0 Å². The van der Waals surface area contributed by atoms with Gasteiger partial charge in [0, 0.05) is 29.3 Å². The van der Waals surface area contributed by atoms with Gasteiger partial charge in [-0.2, -0.15) is 0 Å². The largest absolute Gasteiger partial charge is 0.467 e. The average molecular weight is 475 g/mol. The summed E-state index contributed by atoms with van der Waals surface area (Å²) in [5, 5.41) is 6.43. The van der Waals surface area contributed by atoms with Gasteiger partial charge in [0.1, 0.15) is 5.76 Å². The molecule has 0 bridgehead atoms. The van der Waals surface area contributed by atoms with Crippen LogP contribution >= 0.6 is 11.8 Å². The first-order valence-corrected chi connectivity index (χ1v) is 11.9. The molecule has 2 amide bonds. The second-order valence-electron chi connectivity index (χ2n) is 8.01. The van der Waals surface area contributed by atoms with E-state index in [1.165, 1.54) is 17.3 Å². The zero-order valence-electron chi connectivity index (χ0n) is 19.0. The number of benzene rings is 2. The van der Waals surface area contributed by atoms with Crippen molar-refractivity contribution in [2.75, 3.05) is 11.1 Å². The second-order valence-corrected chi connectivity index (χ2v) is 8.95. The molecule has 8 heteroatoms. The third-order valence-electron chi connectivity index (χ3n) is 5.19. The maximum Gasteiger partial charge on any atom is 0.251 e. The molecule has 0 spiro atoms. The second kappa shape index (κ2) is 10.9. The lowest BCUT2D eigenvalue weighted by molar-refractivity contribution is -0.113. The summed E-state index contributed by atoms with van der Waals surface area (Å²) in [6, 6.07) is 18.7. The van der Waals surface area contributed by atoms with Gasteiger partial charge in [0.05, 0.1) is 18.6 Å². The van der Waals surface area contributed by atoms with Crippen LogP contribution in [0.4, 0.5) is 5.69 Å². The van der Waals surface area contributed by atoms with Crippen LogP contribution in [0.2, 0.25) is 0 Å². The first-order chi connectivity index (χ1) is 16.5. The fraction of sp³-hybridized carbons (Fsp3) is 0.192. The number of thioether (sulfide) groups is 1. The third kappa shape index (κ3) is 5.96. The number of carbonyl (C=O) groups is 2. The van der Waals surface area contributed by atoms with Crippen molar-refractivity contribution in [3.63, 3.8) is 0 Å². The van der Waals surface area contributed by atoms with E-state index in [-0.39, 0.29) is 17.6 Å². The van der Waals surface area contributed by atoms with Crippen molar-refractivity contribution in [1.82, 2.24) is 14.9 Å². The summed E-state index contributed by atoms with van der Waals surface area (Å²) in [5.41, 5.74) is 3.31. The van der Waals surface area contributed by atoms with Crippen molar-refractivity contribution < 1.29 is 14.0 Å². The lowest BCUT2D eigenvalue weighted by Crippen LogP contribution is -2.22. The molecule has 0 aliphatic carbocycles. The Kier molecular flexibility index (Phi) is 7.49. The smallest absolute Gasteiger partial charge is 0.251 e. The highest BCUT2D eigenvalue weighted by atomic mass is 32.2. The molecule has 0 unspecified atom stereocenters. The van der Waals surface area contributed by atoms with Crippen LogP contribution in [0.3, 0.4) is 0 Å². The van der Waals surface area contributed by atoms with E-state index in [9.17, 15) is 9.59 Å². The molecule has 174 valence electrons. The zero-order chi connectivity index (χ0) is 23.9. The van der Waals surface area contributed by atoms with Crippen LogP contribution in [-0.2, 0) is 11.3 Å². The van der Waals surface area contributed by atoms with Crippen molar-refractivity contribution >= 4 is 29.3 Å². The van der Waals surface area contributed by atoms with E-state index in [0.29, 0.717) is 28.9 Å². The van der Waals surface area contributed by atoms with Crippen molar-refractivity contribution in [1.29, 1.82) is 0 Å². The van der Waals surface area contributed by atoms with E-state index in [1.54, 1.807) is 30.7 Å². The number of anilines is 1. The predicted octanol–water partition coefficient (Wildman–Crippen LogP) is 5.25. The highest BCUT2D eigenvalue weighted by Crippen LogP contribution is 2.22. The summed E-state index contributed by atoms with van der Waals surface area (Å²) < 4.78 is 7.11. The Balaban J connectivity index is 1.37. The van der Waals surface area contributed by atoms with Crippen LogP contribution in [0.15, 0.2) is 88.9 Å². The number of rotatable bonds is 9. The fourth-order valence-corrected chi connectivity index (χ4v) is 4.12. The predicted molar refractivity (Wildman–Crippen MR) is 133 cm³/mol. The Hall–Kier alpha value is -3.78. The molecule has 0 aliphatic heterocycles. The number of imidazole rings is 1. The van der Waals surface area contributed by atoms with Crippen LogP contribution < -0.4 is 10.6 Å². The van der Waals surface area contributed by atoms with Crippen LogP contribution in [0, 0.1) is 0 Å². The highest BCUT2D eigenvalue weighted by Gasteiger charge is 2.12. The molecule has 4 aromatic rings. The van der Waals surface area contributed by atoms with E-state index in [1.807, 2.05) is 53.2 Å². The molecule has 0 atom stereocenters. The standard InChI is InChI=1S/C26H26N4O3S/c1-18(2)19-8-10-21(11-9-19)29-24(31)17-34-26-27-12-13-30(26)22-6-3-5-20(15-22)25(32)28-16-23-7-4-14-33-23/h3-15,18H,16-17H2,1-2H3,(H,28,32)(H,29,31). The molecule has 4 rings (SSSR count). The number of hydrogen-bond acceptors (Lipinski definition) is 5. The molecule has 2 aromatic carbocycles. The number of amides is 2. The minimum absolute atomic E-state index is 0.108. The van der Waals surface area contributed by atoms with Gasteiger partial charge < -0.3 is 15.1 Å². The summed E-state index contributed by atoms with van der Waals surface area (Å²) in [6.45, 7) is 4.59. The quantitative estimate of drug-likeness (QED) is 0.324. The van der Waals surface area contributed by atoms with Crippen molar-refractivity contribution in [2.45, 2.75) is 31.5 Å². The molecule has 7 nitrogen and oxygen atoms in total. The van der Waals surface area contributed by atoms with E-state index in [0.717, 1.165) is 11.4 Å². The van der Waals surface area contributed by atoms with Gasteiger partial charge in [0.25, 0.3) is 5.91 Å². The molecule has 0 fully saturated rings. The molecular formula is C26H26N4O3S. The molecule has 2 heterocycles. The number of carbonyl (C=O) groups excluding carboxylic acids is 2. The fourth-order valence-electron chi connectivity index (χ4n) is 3.35. The molecule has 2 N–H and O–H groups in total. The SMILES string of the molecule is CC(C)c1ccc(NC(=O)CSc2nccn2-c2cccc(C(=O)NCc3ccco3)c2)cc1. The number of aromatic nitrogens is 2. The monoisotopic (exact) mass is 474 g/mol. The summed E-state index contributed by atoms with van der Waals surface area (Å²) in [7, 11) is 0. The third-order valence-corrected chi connectivity index (χ3v) is 6.16. The number of hydrogen-bond donors (Lipinski definition) is 2. The molecule has 0 aliphatic rings. The van der Waals surface area contributed by atoms with Crippen LogP contribution in [0.5, 0.6) is 0 Å². The van der Waals surface area contributed by atoms with Gasteiger partial charge in [-0.15, -0.1) is 0 Å². The topological polar surface area (TPSA) is 89.2 Å². The zero-order valence-corrected chi connectivity index (χ0v) is 19.8. The maximum atomic E-state index is 12.6. The Morgan fingerprint density at radius 1 is 1.09 bits per heavy atom. The van der Waals surface area contributed by atoms with Crippen molar-refractivity contribution in [2.24, 2.45) is 0 Å². The Bertz CT molecular complexity index is 1250. The molecule has 0 radical (unpaired) electrons. The number of nitrogens with one attached hydrogen (secondary N) is 2. The molecule has 2 aromatic heterocycles. The normalized spacial score (nSPS) is 10.9. The summed E-state index contributed by atoms with van der Waals surface area (Å²) in [4.78, 5) is 29.4. The first-order valence-electron chi connectivity index (χ1n) is 11.0. The lowest BCUT2D eigenvalue weighted by Gasteiger charge is -2.10. The van der Waals surface area contributed by atoms with E-state index in [2.05, 4.69) is 29.5 Å². The van der Waals surface area contributed by atoms with Gasteiger partial charge in [-0.25, -0.2) is 4.98 Å². The minimum atomic E-state index is -0.199. The maximum absolute atomic E-state index is 12.6. The van der Waals surface area contributed by atoms with Gasteiger partial charge in [-0.1, -0.05) is 43.8 Å². The number of nitrogens with zero attached hydrogens (tertiary/aromatic N) is 2. The first kappa shape index (κ1) is 23.4. The number of furan rings is 1. The van der Waals surface area contributed by atoms with Gasteiger partial charge in [0.2, 0.25) is 5.91 Å². The van der Waals surface area contributed by atoms with Crippen molar-refractivity contribution in [3.05, 3.63) is 96.2 Å².